The van der Waals surface area contributed by atoms with E-state index in [2.05, 4.69) is 31.9 Å². The van der Waals surface area contributed by atoms with Gasteiger partial charge in [-0.2, -0.15) is 0 Å². The van der Waals surface area contributed by atoms with Crippen LogP contribution in [-0.2, 0) is 0 Å². The predicted octanol–water partition coefficient (Wildman–Crippen LogP) is 5.52. The molecular weight excluding hydrogens is 384 g/mol. The molecule has 0 fully saturated rings. The third-order valence-corrected chi connectivity index (χ3v) is 5.99. The fourth-order valence-corrected chi connectivity index (χ4v) is 3.24. The van der Waals surface area contributed by atoms with Gasteiger partial charge in [-0.25, -0.2) is 0 Å². The van der Waals surface area contributed by atoms with Gasteiger partial charge < -0.3 is 10.2 Å². The van der Waals surface area contributed by atoms with Crippen molar-refractivity contribution in [2.75, 3.05) is 0 Å². The standard InChI is InChI=1S/C16H16Br2O2/c1-7-8(2)10(4)16(20)13(9(7)3)14-12(19)6-5-11(17)15(14)18/h5-6,19-20H,1-4H3. The lowest BCUT2D eigenvalue weighted by Gasteiger charge is -2.19. The Labute approximate surface area is 135 Å². The van der Waals surface area contributed by atoms with Crippen LogP contribution < -0.4 is 0 Å². The van der Waals surface area contributed by atoms with Gasteiger partial charge in [-0.3, -0.25) is 0 Å². The summed E-state index contributed by atoms with van der Waals surface area (Å²) in [5.74, 6) is 0.362. The molecule has 2 aromatic carbocycles. The van der Waals surface area contributed by atoms with Crippen molar-refractivity contribution >= 4 is 31.9 Å². The SMILES string of the molecule is Cc1c(C)c(C)c(-c2c(O)ccc(Br)c2Br)c(O)c1C. The molecular formula is C16H16Br2O2. The molecule has 2 rings (SSSR count). The fraction of sp³-hybridized carbons (Fsp3) is 0.250. The first-order chi connectivity index (χ1) is 9.27. The topological polar surface area (TPSA) is 40.5 Å². The average Bonchev–Trinajstić information content (AvgIpc) is 2.42. The van der Waals surface area contributed by atoms with Gasteiger partial charge in [0.2, 0.25) is 0 Å². The highest BCUT2D eigenvalue weighted by atomic mass is 79.9. The largest absolute Gasteiger partial charge is 0.507 e. The molecule has 2 aromatic rings. The summed E-state index contributed by atoms with van der Waals surface area (Å²) in [6.07, 6.45) is 0. The normalized spacial score (nSPS) is 10.9. The first-order valence-corrected chi connectivity index (χ1v) is 7.82. The molecule has 0 bridgehead atoms. The van der Waals surface area contributed by atoms with E-state index in [-0.39, 0.29) is 11.5 Å². The minimum absolute atomic E-state index is 0.140. The molecule has 4 heteroatoms. The number of rotatable bonds is 1. The smallest absolute Gasteiger partial charge is 0.127 e. The Morgan fingerprint density at radius 2 is 1.30 bits per heavy atom. The van der Waals surface area contributed by atoms with Gasteiger partial charge in [0.25, 0.3) is 0 Å². The van der Waals surface area contributed by atoms with E-state index in [4.69, 9.17) is 0 Å². The van der Waals surface area contributed by atoms with Gasteiger partial charge in [-0.15, -0.1) is 0 Å². The summed E-state index contributed by atoms with van der Waals surface area (Å²) in [5.41, 5.74) is 5.31. The first kappa shape index (κ1) is 15.4. The summed E-state index contributed by atoms with van der Waals surface area (Å²) >= 11 is 6.92. The van der Waals surface area contributed by atoms with Crippen molar-refractivity contribution in [3.63, 3.8) is 0 Å². The quantitative estimate of drug-likeness (QED) is 0.662. The molecule has 0 aliphatic heterocycles. The van der Waals surface area contributed by atoms with E-state index in [1.807, 2.05) is 27.7 Å². The highest BCUT2D eigenvalue weighted by Gasteiger charge is 2.21. The molecule has 0 atom stereocenters. The molecule has 0 aromatic heterocycles. The van der Waals surface area contributed by atoms with Crippen molar-refractivity contribution in [3.8, 4) is 22.6 Å². The highest BCUT2D eigenvalue weighted by molar-refractivity contribution is 9.13. The van der Waals surface area contributed by atoms with Crippen LogP contribution in [0.25, 0.3) is 11.1 Å². The third kappa shape index (κ3) is 2.25. The minimum atomic E-state index is 0.140. The molecule has 2 N–H and O–H groups in total. The van der Waals surface area contributed by atoms with E-state index in [1.54, 1.807) is 12.1 Å². The van der Waals surface area contributed by atoms with Crippen molar-refractivity contribution < 1.29 is 10.2 Å². The second-order valence-corrected chi connectivity index (χ2v) is 6.63. The molecule has 0 spiro atoms. The summed E-state index contributed by atoms with van der Waals surface area (Å²) in [7, 11) is 0. The Hall–Kier alpha value is -1.000. The average molecular weight is 400 g/mol. The van der Waals surface area contributed by atoms with Gasteiger partial charge >= 0.3 is 0 Å². The summed E-state index contributed by atoms with van der Waals surface area (Å²) < 4.78 is 1.57. The molecule has 0 unspecified atom stereocenters. The first-order valence-electron chi connectivity index (χ1n) is 6.24. The van der Waals surface area contributed by atoms with Crippen LogP contribution in [0.4, 0.5) is 0 Å². The summed E-state index contributed by atoms with van der Waals surface area (Å²) in [6, 6.07) is 3.39. The minimum Gasteiger partial charge on any atom is -0.507 e. The second kappa shape index (κ2) is 5.41. The second-order valence-electron chi connectivity index (χ2n) is 4.98. The zero-order valence-electron chi connectivity index (χ0n) is 11.8. The van der Waals surface area contributed by atoms with E-state index in [9.17, 15) is 10.2 Å². The van der Waals surface area contributed by atoms with E-state index >= 15 is 0 Å². The molecule has 0 amide bonds. The highest BCUT2D eigenvalue weighted by Crippen LogP contribution is 2.47. The van der Waals surface area contributed by atoms with Crippen LogP contribution in [-0.4, -0.2) is 10.2 Å². The molecule has 2 nitrogen and oxygen atoms in total. The van der Waals surface area contributed by atoms with Crippen molar-refractivity contribution in [1.82, 2.24) is 0 Å². The molecule has 106 valence electrons. The maximum atomic E-state index is 10.5. The van der Waals surface area contributed by atoms with Crippen LogP contribution in [0.1, 0.15) is 22.3 Å². The zero-order valence-corrected chi connectivity index (χ0v) is 15.0. The number of benzene rings is 2. The lowest BCUT2D eigenvalue weighted by atomic mass is 9.89. The number of hydrogen-bond acceptors (Lipinski definition) is 2. The Morgan fingerprint density at radius 1 is 0.750 bits per heavy atom. The maximum Gasteiger partial charge on any atom is 0.127 e. The molecule has 20 heavy (non-hydrogen) atoms. The van der Waals surface area contributed by atoms with Gasteiger partial charge in [0, 0.05) is 20.1 Å². The Morgan fingerprint density at radius 3 is 1.90 bits per heavy atom. The molecule has 0 saturated heterocycles. The fourth-order valence-electron chi connectivity index (χ4n) is 2.38. The van der Waals surface area contributed by atoms with Crippen LogP contribution in [0, 0.1) is 27.7 Å². The molecule has 0 radical (unpaired) electrons. The number of phenolic OH excluding ortho intramolecular Hbond substituents is 2. The van der Waals surface area contributed by atoms with E-state index < -0.39 is 0 Å². The lowest BCUT2D eigenvalue weighted by Crippen LogP contribution is -1.97. The van der Waals surface area contributed by atoms with Crippen molar-refractivity contribution in [2.24, 2.45) is 0 Å². The Kier molecular flexibility index (Phi) is 4.17. The monoisotopic (exact) mass is 398 g/mol. The van der Waals surface area contributed by atoms with E-state index in [1.165, 1.54) is 0 Å². The van der Waals surface area contributed by atoms with Gasteiger partial charge in [0.15, 0.2) is 0 Å². The van der Waals surface area contributed by atoms with Gasteiger partial charge in [-0.1, -0.05) is 0 Å². The van der Waals surface area contributed by atoms with Crippen LogP contribution in [0.3, 0.4) is 0 Å². The lowest BCUT2D eigenvalue weighted by molar-refractivity contribution is 0.465. The van der Waals surface area contributed by atoms with Crippen LogP contribution in [0.2, 0.25) is 0 Å². The Balaban J connectivity index is 2.95. The summed E-state index contributed by atoms with van der Waals surface area (Å²) in [5, 5.41) is 20.7. The van der Waals surface area contributed by atoms with Crippen molar-refractivity contribution in [1.29, 1.82) is 0 Å². The summed E-state index contributed by atoms with van der Waals surface area (Å²) in [4.78, 5) is 0. The molecule has 0 aliphatic rings. The van der Waals surface area contributed by atoms with Crippen LogP contribution in [0.5, 0.6) is 11.5 Å². The van der Waals surface area contributed by atoms with Gasteiger partial charge in [0.1, 0.15) is 11.5 Å². The van der Waals surface area contributed by atoms with Crippen LogP contribution in [0.15, 0.2) is 21.1 Å². The number of phenols is 2. The van der Waals surface area contributed by atoms with Crippen LogP contribution >= 0.6 is 31.9 Å². The molecule has 0 heterocycles. The van der Waals surface area contributed by atoms with Crippen molar-refractivity contribution in [3.05, 3.63) is 43.3 Å². The number of halogens is 2. The van der Waals surface area contributed by atoms with Gasteiger partial charge in [0.05, 0.1) is 0 Å². The zero-order chi connectivity index (χ0) is 15.2. The van der Waals surface area contributed by atoms with E-state index in [0.29, 0.717) is 11.1 Å². The van der Waals surface area contributed by atoms with Crippen molar-refractivity contribution in [2.45, 2.75) is 27.7 Å². The molecule has 0 saturated carbocycles. The van der Waals surface area contributed by atoms with Gasteiger partial charge in [-0.05, 0) is 93.9 Å². The summed E-state index contributed by atoms with van der Waals surface area (Å²) in [6.45, 7) is 7.88. The molecule has 0 aliphatic carbocycles. The number of aromatic hydroxyl groups is 2. The predicted molar refractivity (Wildman–Crippen MR) is 89.6 cm³/mol. The maximum absolute atomic E-state index is 10.5. The van der Waals surface area contributed by atoms with E-state index in [0.717, 1.165) is 31.2 Å². The Bertz CT molecular complexity index is 677. The number of hydrogen-bond donors (Lipinski definition) is 2. The third-order valence-electron chi connectivity index (χ3n) is 3.98.